The van der Waals surface area contributed by atoms with E-state index in [1.54, 1.807) is 12.1 Å². The molecule has 5 nitrogen and oxygen atoms in total. The minimum absolute atomic E-state index is 0.0257. The predicted octanol–water partition coefficient (Wildman–Crippen LogP) is 1.98. The molecule has 0 saturated carbocycles. The molecule has 0 bridgehead atoms. The quantitative estimate of drug-likeness (QED) is 0.792. The Balaban J connectivity index is 1.74. The third-order valence-corrected chi connectivity index (χ3v) is 4.37. The summed E-state index contributed by atoms with van der Waals surface area (Å²) in [7, 11) is 0. The van der Waals surface area contributed by atoms with Crippen LogP contribution in [0.15, 0.2) is 60.7 Å². The van der Waals surface area contributed by atoms with Gasteiger partial charge in [0.2, 0.25) is 5.91 Å². The second-order valence-electron chi connectivity index (χ2n) is 6.17. The Bertz CT molecular complexity index is 697. The number of rotatable bonds is 6. The summed E-state index contributed by atoms with van der Waals surface area (Å²) in [6, 6.07) is 18.7. The van der Waals surface area contributed by atoms with Crippen molar-refractivity contribution in [2.75, 3.05) is 26.2 Å². The maximum atomic E-state index is 13.0. The maximum absolute atomic E-state index is 13.0. The zero-order chi connectivity index (χ0) is 17.5. The molecule has 0 aromatic heterocycles. The van der Waals surface area contributed by atoms with Gasteiger partial charge in [0.25, 0.3) is 0 Å². The van der Waals surface area contributed by atoms with Crippen LogP contribution in [0, 0.1) is 0 Å². The number of nitrogens with one attached hydrogen (secondary N) is 2. The SMILES string of the molecule is O=C(CC(C(=O)c1ccccc1)c1ccccc1)NN1CCNCC1. The molecule has 130 valence electrons. The molecular weight excluding hydrogens is 314 g/mol. The summed E-state index contributed by atoms with van der Waals surface area (Å²) in [5, 5.41) is 5.16. The highest BCUT2D eigenvalue weighted by molar-refractivity contribution is 6.03. The predicted molar refractivity (Wildman–Crippen MR) is 97.2 cm³/mol. The van der Waals surface area contributed by atoms with Crippen molar-refractivity contribution in [2.24, 2.45) is 0 Å². The van der Waals surface area contributed by atoms with Crippen LogP contribution in [-0.2, 0) is 4.79 Å². The van der Waals surface area contributed by atoms with E-state index in [4.69, 9.17) is 0 Å². The van der Waals surface area contributed by atoms with E-state index in [9.17, 15) is 9.59 Å². The van der Waals surface area contributed by atoms with Crippen molar-refractivity contribution >= 4 is 11.7 Å². The van der Waals surface area contributed by atoms with Crippen LogP contribution in [-0.4, -0.2) is 42.9 Å². The van der Waals surface area contributed by atoms with E-state index in [1.807, 2.05) is 53.5 Å². The lowest BCUT2D eigenvalue weighted by Crippen LogP contribution is -2.52. The molecule has 1 amide bonds. The first-order valence-electron chi connectivity index (χ1n) is 8.63. The lowest BCUT2D eigenvalue weighted by Gasteiger charge is -2.28. The molecule has 2 aromatic carbocycles. The second-order valence-corrected chi connectivity index (χ2v) is 6.17. The molecule has 0 aliphatic carbocycles. The molecule has 1 saturated heterocycles. The summed E-state index contributed by atoms with van der Waals surface area (Å²) in [6.45, 7) is 3.25. The Hall–Kier alpha value is -2.50. The third kappa shape index (κ3) is 4.75. The molecule has 1 atom stereocenters. The van der Waals surface area contributed by atoms with Gasteiger partial charge in [-0.2, -0.15) is 0 Å². The van der Waals surface area contributed by atoms with E-state index in [1.165, 1.54) is 0 Å². The highest BCUT2D eigenvalue weighted by Crippen LogP contribution is 2.24. The molecule has 1 aliphatic rings. The Kier molecular flexibility index (Phi) is 5.93. The van der Waals surface area contributed by atoms with Crippen LogP contribution < -0.4 is 10.7 Å². The van der Waals surface area contributed by atoms with Crippen molar-refractivity contribution in [1.82, 2.24) is 15.8 Å². The molecule has 0 spiro atoms. The minimum Gasteiger partial charge on any atom is -0.314 e. The molecule has 25 heavy (non-hydrogen) atoms. The zero-order valence-electron chi connectivity index (χ0n) is 14.2. The van der Waals surface area contributed by atoms with E-state index in [0.29, 0.717) is 5.56 Å². The Labute approximate surface area is 148 Å². The van der Waals surface area contributed by atoms with Gasteiger partial charge in [-0.1, -0.05) is 60.7 Å². The van der Waals surface area contributed by atoms with Gasteiger partial charge in [-0.3, -0.25) is 15.0 Å². The summed E-state index contributed by atoms with van der Waals surface area (Å²) >= 11 is 0. The van der Waals surface area contributed by atoms with Crippen LogP contribution in [0.25, 0.3) is 0 Å². The average Bonchev–Trinajstić information content (AvgIpc) is 2.68. The monoisotopic (exact) mass is 337 g/mol. The summed E-state index contributed by atoms with van der Waals surface area (Å²) in [6.07, 6.45) is 0.141. The van der Waals surface area contributed by atoms with Crippen LogP contribution in [0.4, 0.5) is 0 Å². The Morgan fingerprint density at radius 3 is 2.20 bits per heavy atom. The molecule has 5 heteroatoms. The van der Waals surface area contributed by atoms with E-state index in [2.05, 4.69) is 10.7 Å². The Morgan fingerprint density at radius 2 is 1.56 bits per heavy atom. The fourth-order valence-corrected chi connectivity index (χ4v) is 3.03. The van der Waals surface area contributed by atoms with Gasteiger partial charge in [-0.15, -0.1) is 0 Å². The van der Waals surface area contributed by atoms with Gasteiger partial charge in [0.1, 0.15) is 0 Å². The molecular formula is C20H23N3O2. The van der Waals surface area contributed by atoms with Gasteiger partial charge < -0.3 is 5.32 Å². The molecule has 1 unspecified atom stereocenters. The van der Waals surface area contributed by atoms with Gasteiger partial charge in [0.05, 0.1) is 5.92 Å². The van der Waals surface area contributed by atoms with E-state index < -0.39 is 5.92 Å². The summed E-state index contributed by atoms with van der Waals surface area (Å²) in [5.74, 6) is -0.631. The highest BCUT2D eigenvalue weighted by atomic mass is 16.2. The molecule has 1 aliphatic heterocycles. The molecule has 0 radical (unpaired) electrons. The molecule has 1 heterocycles. The largest absolute Gasteiger partial charge is 0.314 e. The number of hydrogen-bond donors (Lipinski definition) is 2. The second kappa shape index (κ2) is 8.55. The molecule has 2 aromatic rings. The van der Waals surface area contributed by atoms with Crippen LogP contribution in [0.2, 0.25) is 0 Å². The van der Waals surface area contributed by atoms with Crippen molar-refractivity contribution in [3.05, 3.63) is 71.8 Å². The number of piperazine rings is 1. The van der Waals surface area contributed by atoms with Crippen molar-refractivity contribution in [3.8, 4) is 0 Å². The van der Waals surface area contributed by atoms with Gasteiger partial charge in [0.15, 0.2) is 5.78 Å². The number of hydrogen-bond acceptors (Lipinski definition) is 4. The number of amides is 1. The maximum Gasteiger partial charge on any atom is 0.235 e. The van der Waals surface area contributed by atoms with E-state index in [0.717, 1.165) is 31.7 Å². The lowest BCUT2D eigenvalue weighted by molar-refractivity contribution is -0.126. The van der Waals surface area contributed by atoms with Crippen molar-refractivity contribution in [3.63, 3.8) is 0 Å². The molecule has 2 N–H and O–H groups in total. The number of Topliss-reactive ketones (excluding diaryl/α,β-unsaturated/α-hetero) is 1. The van der Waals surface area contributed by atoms with Crippen LogP contribution in [0.5, 0.6) is 0 Å². The number of carbonyl (C=O) groups is 2. The van der Waals surface area contributed by atoms with E-state index >= 15 is 0 Å². The fraction of sp³-hybridized carbons (Fsp3) is 0.300. The van der Waals surface area contributed by atoms with E-state index in [-0.39, 0.29) is 18.1 Å². The summed E-state index contributed by atoms with van der Waals surface area (Å²) in [5.41, 5.74) is 4.43. The summed E-state index contributed by atoms with van der Waals surface area (Å²) in [4.78, 5) is 25.5. The smallest absolute Gasteiger partial charge is 0.235 e. The third-order valence-electron chi connectivity index (χ3n) is 4.37. The van der Waals surface area contributed by atoms with Crippen molar-refractivity contribution < 1.29 is 9.59 Å². The average molecular weight is 337 g/mol. The minimum atomic E-state index is -0.480. The Morgan fingerprint density at radius 1 is 0.960 bits per heavy atom. The standard InChI is InChI=1S/C20H23N3O2/c24-19(22-23-13-11-21-12-14-23)15-18(16-7-3-1-4-8-16)20(25)17-9-5-2-6-10-17/h1-10,18,21H,11-15H2,(H,22,24). The van der Waals surface area contributed by atoms with Crippen LogP contribution >= 0.6 is 0 Å². The number of hydrazine groups is 1. The first kappa shape index (κ1) is 17.3. The number of benzene rings is 2. The highest BCUT2D eigenvalue weighted by Gasteiger charge is 2.25. The van der Waals surface area contributed by atoms with Crippen molar-refractivity contribution in [1.29, 1.82) is 0 Å². The summed E-state index contributed by atoms with van der Waals surface area (Å²) < 4.78 is 0. The fourth-order valence-electron chi connectivity index (χ4n) is 3.03. The lowest BCUT2D eigenvalue weighted by atomic mass is 9.88. The normalized spacial score (nSPS) is 16.2. The van der Waals surface area contributed by atoms with Crippen LogP contribution in [0.3, 0.4) is 0 Å². The van der Waals surface area contributed by atoms with Crippen LogP contribution in [0.1, 0.15) is 28.3 Å². The number of nitrogens with zero attached hydrogens (tertiary/aromatic N) is 1. The number of carbonyl (C=O) groups excluding carboxylic acids is 2. The number of ketones is 1. The first-order valence-corrected chi connectivity index (χ1v) is 8.63. The molecule has 3 rings (SSSR count). The van der Waals surface area contributed by atoms with Gasteiger partial charge in [-0.25, -0.2) is 5.01 Å². The molecule has 1 fully saturated rings. The van der Waals surface area contributed by atoms with Crippen molar-refractivity contribution in [2.45, 2.75) is 12.3 Å². The van der Waals surface area contributed by atoms with Gasteiger partial charge in [0, 0.05) is 38.2 Å². The topological polar surface area (TPSA) is 61.4 Å². The zero-order valence-corrected chi connectivity index (χ0v) is 14.2. The van der Waals surface area contributed by atoms with Gasteiger partial charge in [-0.05, 0) is 5.56 Å². The first-order chi connectivity index (χ1) is 12.2. The van der Waals surface area contributed by atoms with Gasteiger partial charge >= 0.3 is 0 Å².